The standard InChI is InChI=1S/C18H32N2O6/c1-16(2,3)25-14(23)19-12-7-9-18(10-8-12,11-13(21)22)20-15(24)26-17(4,5)6/h12H,7-11H2,1-6H3,(H,19,23)(H,20,24)(H,21,22). The summed E-state index contributed by atoms with van der Waals surface area (Å²) in [5.41, 5.74) is -2.12. The number of carboxylic acid groups (broad SMARTS) is 1. The van der Waals surface area contributed by atoms with Gasteiger partial charge in [0.2, 0.25) is 0 Å². The third kappa shape index (κ3) is 8.40. The van der Waals surface area contributed by atoms with Crippen LogP contribution in [-0.2, 0) is 14.3 Å². The second-order valence-corrected chi connectivity index (χ2v) is 8.90. The minimum Gasteiger partial charge on any atom is -0.481 e. The Labute approximate surface area is 155 Å². The van der Waals surface area contributed by atoms with Crippen LogP contribution in [0.1, 0.15) is 73.6 Å². The largest absolute Gasteiger partial charge is 0.481 e. The van der Waals surface area contributed by atoms with E-state index in [1.165, 1.54) is 0 Å². The lowest BCUT2D eigenvalue weighted by molar-refractivity contribution is -0.139. The predicted octanol–water partition coefficient (Wildman–Crippen LogP) is 3.19. The van der Waals surface area contributed by atoms with Gasteiger partial charge in [-0.05, 0) is 67.2 Å². The minimum absolute atomic E-state index is 0.118. The Kier molecular flexibility index (Phi) is 6.90. The Bertz CT molecular complexity index is 525. The van der Waals surface area contributed by atoms with Crippen molar-refractivity contribution in [3.63, 3.8) is 0 Å². The lowest BCUT2D eigenvalue weighted by Crippen LogP contribution is -2.55. The number of nitrogens with one attached hydrogen (secondary N) is 2. The third-order valence-electron chi connectivity index (χ3n) is 3.92. The van der Waals surface area contributed by atoms with Crippen LogP contribution in [0.2, 0.25) is 0 Å². The monoisotopic (exact) mass is 372 g/mol. The summed E-state index contributed by atoms with van der Waals surface area (Å²) in [5, 5.41) is 14.8. The van der Waals surface area contributed by atoms with Gasteiger partial charge in [-0.15, -0.1) is 0 Å². The van der Waals surface area contributed by atoms with Crippen LogP contribution in [0.3, 0.4) is 0 Å². The maximum Gasteiger partial charge on any atom is 0.408 e. The highest BCUT2D eigenvalue weighted by molar-refractivity contribution is 5.73. The van der Waals surface area contributed by atoms with E-state index in [1.54, 1.807) is 41.5 Å². The number of carbonyl (C=O) groups excluding carboxylic acids is 2. The van der Waals surface area contributed by atoms with Crippen LogP contribution in [0, 0.1) is 0 Å². The van der Waals surface area contributed by atoms with Crippen LogP contribution in [0.4, 0.5) is 9.59 Å². The van der Waals surface area contributed by atoms with Crippen molar-refractivity contribution in [3.05, 3.63) is 0 Å². The number of aliphatic carboxylic acids is 1. The molecule has 0 aromatic rings. The first-order valence-corrected chi connectivity index (χ1v) is 8.92. The molecule has 0 saturated heterocycles. The second-order valence-electron chi connectivity index (χ2n) is 8.90. The molecule has 0 spiro atoms. The number of hydrogen-bond acceptors (Lipinski definition) is 5. The van der Waals surface area contributed by atoms with Gasteiger partial charge in [0.25, 0.3) is 0 Å². The van der Waals surface area contributed by atoms with E-state index in [0.29, 0.717) is 25.7 Å². The Hall–Kier alpha value is -1.99. The van der Waals surface area contributed by atoms with Crippen LogP contribution in [0.15, 0.2) is 0 Å². The fraction of sp³-hybridized carbons (Fsp3) is 0.833. The third-order valence-corrected chi connectivity index (χ3v) is 3.92. The van der Waals surface area contributed by atoms with Crippen LogP contribution in [-0.4, -0.2) is 46.0 Å². The molecule has 1 aliphatic carbocycles. The number of ether oxygens (including phenoxy) is 2. The molecule has 150 valence electrons. The van der Waals surface area contributed by atoms with Gasteiger partial charge in [0.05, 0.1) is 12.0 Å². The molecule has 1 aliphatic rings. The van der Waals surface area contributed by atoms with Crippen LogP contribution >= 0.6 is 0 Å². The van der Waals surface area contributed by atoms with Gasteiger partial charge in [-0.2, -0.15) is 0 Å². The average Bonchev–Trinajstić information content (AvgIpc) is 2.36. The fourth-order valence-corrected chi connectivity index (χ4v) is 2.94. The summed E-state index contributed by atoms with van der Waals surface area (Å²) in [6, 6.07) is -0.118. The quantitative estimate of drug-likeness (QED) is 0.698. The highest BCUT2D eigenvalue weighted by Crippen LogP contribution is 2.32. The molecule has 0 aromatic heterocycles. The molecule has 8 nitrogen and oxygen atoms in total. The number of amides is 2. The SMILES string of the molecule is CC(C)(C)OC(=O)NC1CCC(CC(=O)O)(NC(=O)OC(C)(C)C)CC1. The molecule has 26 heavy (non-hydrogen) atoms. The van der Waals surface area contributed by atoms with E-state index in [1.807, 2.05) is 0 Å². The van der Waals surface area contributed by atoms with Crippen molar-refractivity contribution in [2.45, 2.75) is 96.4 Å². The first-order chi connectivity index (χ1) is 11.7. The molecule has 1 saturated carbocycles. The van der Waals surface area contributed by atoms with E-state index in [9.17, 15) is 19.5 Å². The summed E-state index contributed by atoms with van der Waals surface area (Å²) in [6.45, 7) is 10.6. The highest BCUT2D eigenvalue weighted by Gasteiger charge is 2.40. The van der Waals surface area contributed by atoms with E-state index in [2.05, 4.69) is 10.6 Å². The summed E-state index contributed by atoms with van der Waals surface area (Å²) in [6.07, 6.45) is 0.638. The zero-order valence-electron chi connectivity index (χ0n) is 16.6. The van der Waals surface area contributed by atoms with Crippen molar-refractivity contribution in [2.75, 3.05) is 0 Å². The molecule has 2 amide bonds. The van der Waals surface area contributed by atoms with Crippen LogP contribution < -0.4 is 10.6 Å². The predicted molar refractivity (Wildman–Crippen MR) is 96.0 cm³/mol. The van der Waals surface area contributed by atoms with Crippen molar-refractivity contribution in [1.29, 1.82) is 0 Å². The molecule has 1 fully saturated rings. The summed E-state index contributed by atoms with van der Waals surface area (Å²) in [4.78, 5) is 35.3. The highest BCUT2D eigenvalue weighted by atomic mass is 16.6. The van der Waals surface area contributed by atoms with Gasteiger partial charge in [0.15, 0.2) is 0 Å². The van der Waals surface area contributed by atoms with Crippen molar-refractivity contribution >= 4 is 18.2 Å². The number of hydrogen-bond donors (Lipinski definition) is 3. The Balaban J connectivity index is 2.67. The number of carbonyl (C=O) groups is 3. The molecule has 0 bridgehead atoms. The van der Waals surface area contributed by atoms with E-state index in [-0.39, 0.29) is 12.5 Å². The zero-order valence-corrected chi connectivity index (χ0v) is 16.6. The number of alkyl carbamates (subject to hydrolysis) is 2. The summed E-state index contributed by atoms with van der Waals surface area (Å²) >= 11 is 0. The molecule has 0 radical (unpaired) electrons. The zero-order chi connectivity index (χ0) is 20.2. The number of carboxylic acids is 1. The molecule has 0 unspecified atom stereocenters. The first-order valence-electron chi connectivity index (χ1n) is 8.92. The molecule has 3 N–H and O–H groups in total. The Morgan fingerprint density at radius 2 is 1.42 bits per heavy atom. The van der Waals surface area contributed by atoms with Gasteiger partial charge < -0.3 is 25.2 Å². The van der Waals surface area contributed by atoms with Gasteiger partial charge in [-0.3, -0.25) is 4.79 Å². The van der Waals surface area contributed by atoms with Gasteiger partial charge >= 0.3 is 18.2 Å². The number of rotatable bonds is 4. The summed E-state index contributed by atoms with van der Waals surface area (Å²) in [7, 11) is 0. The van der Waals surface area contributed by atoms with Crippen LogP contribution in [0.5, 0.6) is 0 Å². The van der Waals surface area contributed by atoms with E-state index < -0.39 is 34.9 Å². The molecular formula is C18H32N2O6. The first kappa shape index (κ1) is 22.1. The lowest BCUT2D eigenvalue weighted by Gasteiger charge is -2.40. The summed E-state index contributed by atoms with van der Waals surface area (Å²) in [5.74, 6) is -0.986. The second kappa shape index (κ2) is 8.14. The van der Waals surface area contributed by atoms with Crippen molar-refractivity contribution < 1.29 is 29.0 Å². The summed E-state index contributed by atoms with van der Waals surface area (Å²) < 4.78 is 10.5. The van der Waals surface area contributed by atoms with E-state index >= 15 is 0 Å². The van der Waals surface area contributed by atoms with Gasteiger partial charge in [0, 0.05) is 6.04 Å². The van der Waals surface area contributed by atoms with Crippen LogP contribution in [0.25, 0.3) is 0 Å². The molecule has 0 heterocycles. The molecule has 8 heteroatoms. The maximum absolute atomic E-state index is 12.1. The molecule has 0 aliphatic heterocycles. The lowest BCUT2D eigenvalue weighted by atomic mass is 9.77. The van der Waals surface area contributed by atoms with E-state index in [4.69, 9.17) is 9.47 Å². The molecule has 1 rings (SSSR count). The Morgan fingerprint density at radius 3 is 1.85 bits per heavy atom. The molecule has 0 aromatic carbocycles. The normalized spacial score (nSPS) is 23.7. The smallest absolute Gasteiger partial charge is 0.408 e. The van der Waals surface area contributed by atoms with E-state index in [0.717, 1.165) is 0 Å². The van der Waals surface area contributed by atoms with Crippen molar-refractivity contribution in [1.82, 2.24) is 10.6 Å². The minimum atomic E-state index is -0.986. The molecular weight excluding hydrogens is 340 g/mol. The topological polar surface area (TPSA) is 114 Å². The van der Waals surface area contributed by atoms with Crippen molar-refractivity contribution in [2.24, 2.45) is 0 Å². The van der Waals surface area contributed by atoms with Gasteiger partial charge in [-0.1, -0.05) is 0 Å². The molecule has 0 atom stereocenters. The Morgan fingerprint density at radius 1 is 0.962 bits per heavy atom. The van der Waals surface area contributed by atoms with Gasteiger partial charge in [0.1, 0.15) is 11.2 Å². The average molecular weight is 372 g/mol. The van der Waals surface area contributed by atoms with Gasteiger partial charge in [-0.25, -0.2) is 9.59 Å². The maximum atomic E-state index is 12.1. The van der Waals surface area contributed by atoms with Crippen molar-refractivity contribution in [3.8, 4) is 0 Å². The fourth-order valence-electron chi connectivity index (χ4n) is 2.94.